The van der Waals surface area contributed by atoms with E-state index >= 15 is 0 Å². The van der Waals surface area contributed by atoms with Gasteiger partial charge >= 0.3 is 5.97 Å². The maximum atomic E-state index is 11.1. The Bertz CT molecular complexity index is 377. The van der Waals surface area contributed by atoms with Gasteiger partial charge in [0.2, 0.25) is 0 Å². The fourth-order valence-corrected chi connectivity index (χ4v) is 5.51. The number of hydrogen-bond donors (Lipinski definition) is 1. The summed E-state index contributed by atoms with van der Waals surface area (Å²) in [6.45, 7) is 0. The summed E-state index contributed by atoms with van der Waals surface area (Å²) in [5.41, 5.74) is 1.33. The molecule has 0 aromatic heterocycles. The van der Waals surface area contributed by atoms with Gasteiger partial charge in [0.05, 0.1) is 0 Å². The van der Waals surface area contributed by atoms with E-state index in [0.29, 0.717) is 11.8 Å². The van der Waals surface area contributed by atoms with Crippen LogP contribution in [0.3, 0.4) is 0 Å². The van der Waals surface area contributed by atoms with E-state index in [1.54, 1.807) is 6.08 Å². The first-order valence-electron chi connectivity index (χ1n) is 7.65. The molecule has 0 saturated heterocycles. The van der Waals surface area contributed by atoms with E-state index < -0.39 is 5.97 Å². The molecule has 5 aliphatic carbocycles. The highest BCUT2D eigenvalue weighted by Crippen LogP contribution is 2.60. The zero-order chi connectivity index (χ0) is 12.3. The first-order valence-corrected chi connectivity index (χ1v) is 7.65. The van der Waals surface area contributed by atoms with Crippen molar-refractivity contribution in [3.05, 3.63) is 11.6 Å². The average molecular weight is 246 g/mol. The highest BCUT2D eigenvalue weighted by Gasteiger charge is 2.51. The normalized spacial score (nSPS) is 46.4. The van der Waals surface area contributed by atoms with Crippen LogP contribution >= 0.6 is 0 Å². The summed E-state index contributed by atoms with van der Waals surface area (Å²) in [7, 11) is 0. The molecule has 0 radical (unpaired) electrons. The summed E-state index contributed by atoms with van der Waals surface area (Å²) in [5.74, 6) is 4.17. The summed E-state index contributed by atoms with van der Waals surface area (Å²) in [4.78, 5) is 11.1. The zero-order valence-electron chi connectivity index (χ0n) is 10.8. The Kier molecular flexibility index (Phi) is 2.37. The van der Waals surface area contributed by atoms with Crippen molar-refractivity contribution in [3.8, 4) is 0 Å². The number of carboxylic acid groups (broad SMARTS) is 1. The zero-order valence-corrected chi connectivity index (χ0v) is 10.8. The fraction of sp³-hybridized carbons (Fsp3) is 0.812. The van der Waals surface area contributed by atoms with Crippen LogP contribution in [0.15, 0.2) is 11.6 Å². The molecule has 0 aliphatic heterocycles. The van der Waals surface area contributed by atoms with Crippen LogP contribution in [0, 0.1) is 35.5 Å². The van der Waals surface area contributed by atoms with E-state index in [-0.39, 0.29) is 0 Å². The lowest BCUT2D eigenvalue weighted by molar-refractivity contribution is -0.131. The summed E-state index contributed by atoms with van der Waals surface area (Å²) < 4.78 is 0. The van der Waals surface area contributed by atoms with Gasteiger partial charge in [-0.25, -0.2) is 4.79 Å². The Morgan fingerprint density at radius 1 is 0.944 bits per heavy atom. The highest BCUT2D eigenvalue weighted by atomic mass is 16.4. The minimum atomic E-state index is -0.717. The quantitative estimate of drug-likeness (QED) is 0.774. The van der Waals surface area contributed by atoms with Gasteiger partial charge in [0.25, 0.3) is 0 Å². The highest BCUT2D eigenvalue weighted by molar-refractivity contribution is 5.81. The van der Waals surface area contributed by atoms with E-state index in [9.17, 15) is 4.79 Å². The Balaban J connectivity index is 1.65. The van der Waals surface area contributed by atoms with Gasteiger partial charge in [0, 0.05) is 6.08 Å². The van der Waals surface area contributed by atoms with Crippen molar-refractivity contribution in [1.29, 1.82) is 0 Å². The summed E-state index contributed by atoms with van der Waals surface area (Å²) >= 11 is 0. The van der Waals surface area contributed by atoms with Crippen LogP contribution in [-0.2, 0) is 4.79 Å². The molecule has 0 amide bonds. The molecule has 0 unspecified atom stereocenters. The standard InChI is InChI=1S/C16H22O2/c17-15(18)8-14(11-1-2-11)16-12-4-9-3-10(6-12)7-13(16)5-9/h8-13,16H,1-7H2,(H,17,18)/b14-8+. The smallest absolute Gasteiger partial charge is 0.328 e. The molecular formula is C16H22O2. The van der Waals surface area contributed by atoms with Crippen molar-refractivity contribution in [2.45, 2.75) is 44.9 Å². The van der Waals surface area contributed by atoms with Crippen molar-refractivity contribution >= 4 is 5.97 Å². The molecule has 5 fully saturated rings. The Morgan fingerprint density at radius 3 is 1.94 bits per heavy atom. The molecule has 5 saturated carbocycles. The second kappa shape index (κ2) is 3.85. The lowest BCUT2D eigenvalue weighted by atomic mass is 9.50. The second-order valence-corrected chi connectivity index (χ2v) is 7.21. The SMILES string of the molecule is O=C(O)/C=C(\C1CC1)C1C2CC3CC(C2)CC1C3. The molecule has 5 aliphatic rings. The molecule has 0 aromatic carbocycles. The van der Waals surface area contributed by atoms with Crippen LogP contribution in [0.4, 0.5) is 0 Å². The van der Waals surface area contributed by atoms with Crippen LogP contribution in [0.5, 0.6) is 0 Å². The summed E-state index contributed by atoms with van der Waals surface area (Å²) in [5, 5.41) is 9.14. The van der Waals surface area contributed by atoms with Gasteiger partial charge < -0.3 is 5.11 Å². The van der Waals surface area contributed by atoms with Gasteiger partial charge in [-0.05, 0) is 80.5 Å². The predicted octanol–water partition coefficient (Wildman–Crippen LogP) is 3.48. The van der Waals surface area contributed by atoms with Crippen LogP contribution in [0.2, 0.25) is 0 Å². The summed E-state index contributed by atoms with van der Waals surface area (Å²) in [6, 6.07) is 0. The molecule has 98 valence electrons. The third kappa shape index (κ3) is 1.72. The van der Waals surface area contributed by atoms with Crippen LogP contribution in [0.25, 0.3) is 0 Å². The molecule has 0 heterocycles. The molecule has 0 aromatic rings. The van der Waals surface area contributed by atoms with Crippen molar-refractivity contribution in [3.63, 3.8) is 0 Å². The maximum Gasteiger partial charge on any atom is 0.328 e. The van der Waals surface area contributed by atoms with Crippen molar-refractivity contribution in [2.24, 2.45) is 35.5 Å². The topological polar surface area (TPSA) is 37.3 Å². The third-order valence-electron chi connectivity index (χ3n) is 5.95. The Hall–Kier alpha value is -0.790. The molecule has 2 heteroatoms. The van der Waals surface area contributed by atoms with Gasteiger partial charge in [-0.2, -0.15) is 0 Å². The first-order chi connectivity index (χ1) is 8.70. The van der Waals surface area contributed by atoms with Crippen molar-refractivity contribution < 1.29 is 9.90 Å². The van der Waals surface area contributed by atoms with E-state index in [1.807, 2.05) is 0 Å². The van der Waals surface area contributed by atoms with Gasteiger partial charge in [-0.1, -0.05) is 5.57 Å². The minimum absolute atomic E-state index is 0.628. The minimum Gasteiger partial charge on any atom is -0.478 e. The molecule has 4 bridgehead atoms. The van der Waals surface area contributed by atoms with Gasteiger partial charge in [-0.3, -0.25) is 0 Å². The van der Waals surface area contributed by atoms with Crippen LogP contribution < -0.4 is 0 Å². The maximum absolute atomic E-state index is 11.1. The van der Waals surface area contributed by atoms with Crippen LogP contribution in [0.1, 0.15) is 44.9 Å². The average Bonchev–Trinajstić information content (AvgIpc) is 3.08. The van der Waals surface area contributed by atoms with Gasteiger partial charge in [-0.15, -0.1) is 0 Å². The molecule has 0 atom stereocenters. The molecule has 2 nitrogen and oxygen atoms in total. The van der Waals surface area contributed by atoms with E-state index in [1.165, 1.54) is 50.5 Å². The molecule has 5 rings (SSSR count). The number of rotatable bonds is 3. The largest absolute Gasteiger partial charge is 0.478 e. The first kappa shape index (κ1) is 11.1. The lowest BCUT2D eigenvalue weighted by Crippen LogP contribution is -2.46. The number of carboxylic acids is 1. The predicted molar refractivity (Wildman–Crippen MR) is 69.0 cm³/mol. The Morgan fingerprint density at radius 2 is 1.50 bits per heavy atom. The van der Waals surface area contributed by atoms with Gasteiger partial charge in [0.15, 0.2) is 0 Å². The molecule has 0 spiro atoms. The number of aliphatic carboxylic acids is 1. The monoisotopic (exact) mass is 246 g/mol. The van der Waals surface area contributed by atoms with Crippen molar-refractivity contribution in [2.75, 3.05) is 0 Å². The third-order valence-corrected chi connectivity index (χ3v) is 5.95. The number of carbonyl (C=O) groups is 1. The van der Waals surface area contributed by atoms with E-state index in [4.69, 9.17) is 5.11 Å². The second-order valence-electron chi connectivity index (χ2n) is 7.21. The number of allylic oxidation sites excluding steroid dienone is 1. The van der Waals surface area contributed by atoms with Gasteiger partial charge in [0.1, 0.15) is 0 Å². The lowest BCUT2D eigenvalue weighted by Gasteiger charge is -2.55. The van der Waals surface area contributed by atoms with E-state index in [0.717, 1.165) is 23.7 Å². The summed E-state index contributed by atoms with van der Waals surface area (Å²) in [6.07, 6.45) is 11.1. The Labute approximate surface area is 108 Å². The van der Waals surface area contributed by atoms with Crippen molar-refractivity contribution in [1.82, 2.24) is 0 Å². The molecular weight excluding hydrogens is 224 g/mol. The van der Waals surface area contributed by atoms with Crippen LogP contribution in [-0.4, -0.2) is 11.1 Å². The number of hydrogen-bond acceptors (Lipinski definition) is 1. The molecule has 18 heavy (non-hydrogen) atoms. The molecule has 1 N–H and O–H groups in total. The fourth-order valence-electron chi connectivity index (χ4n) is 5.51. The van der Waals surface area contributed by atoms with E-state index in [2.05, 4.69) is 0 Å².